The van der Waals surface area contributed by atoms with Crippen LogP contribution in [-0.2, 0) is 11.2 Å². The first-order valence-electron chi connectivity index (χ1n) is 10.3. The maximum absolute atomic E-state index is 12.9. The van der Waals surface area contributed by atoms with Crippen molar-refractivity contribution >= 4 is 18.0 Å². The highest BCUT2D eigenvalue weighted by molar-refractivity contribution is 5.95. The van der Waals surface area contributed by atoms with E-state index in [1.54, 1.807) is 48.5 Å². The van der Waals surface area contributed by atoms with Gasteiger partial charge in [0.15, 0.2) is 0 Å². The zero-order valence-electron chi connectivity index (χ0n) is 17.7. The van der Waals surface area contributed by atoms with Crippen LogP contribution in [0.5, 0.6) is 0 Å². The van der Waals surface area contributed by atoms with Gasteiger partial charge in [0.2, 0.25) is 0 Å². The number of carboxylic acids is 1. The molecule has 5 heteroatoms. The molecule has 0 saturated carbocycles. The lowest BCUT2D eigenvalue weighted by Crippen LogP contribution is -2.43. The highest BCUT2D eigenvalue weighted by atomic mass is 16.4. The molecule has 160 valence electrons. The third-order valence-electron chi connectivity index (χ3n) is 5.14. The second kappa shape index (κ2) is 10.7. The van der Waals surface area contributed by atoms with Gasteiger partial charge in [-0.15, -0.1) is 0 Å². The number of aryl methyl sites for hydroxylation is 1. The molecule has 0 bridgehead atoms. The van der Waals surface area contributed by atoms with Crippen LogP contribution in [0.3, 0.4) is 0 Å². The van der Waals surface area contributed by atoms with Crippen LogP contribution in [0.1, 0.15) is 32.6 Å². The van der Waals surface area contributed by atoms with Crippen LogP contribution >= 0.6 is 0 Å². The van der Waals surface area contributed by atoms with Gasteiger partial charge in [0.05, 0.1) is 23.6 Å². The topological polar surface area (TPSA) is 90.2 Å². The third-order valence-corrected chi connectivity index (χ3v) is 5.14. The number of nitriles is 1. The Balaban J connectivity index is 1.92. The lowest BCUT2D eigenvalue weighted by atomic mass is 9.90. The van der Waals surface area contributed by atoms with Crippen LogP contribution in [0.15, 0.2) is 84.9 Å². The number of carboxylic acid groups (broad SMARTS) is 1. The number of aliphatic carboxylic acids is 1. The van der Waals surface area contributed by atoms with E-state index in [1.165, 1.54) is 0 Å². The smallest absolute Gasteiger partial charge is 0.309 e. The molecule has 0 radical (unpaired) electrons. The Labute approximate surface area is 187 Å². The summed E-state index contributed by atoms with van der Waals surface area (Å²) in [6.07, 6.45) is 3.70. The van der Waals surface area contributed by atoms with Crippen molar-refractivity contribution in [1.29, 1.82) is 5.26 Å². The number of carbonyl (C=O) groups excluding carboxylic acids is 1. The lowest BCUT2D eigenvalue weighted by molar-refractivity contribution is -0.142. The molecule has 0 aromatic heterocycles. The van der Waals surface area contributed by atoms with E-state index >= 15 is 0 Å². The molecule has 0 fully saturated rings. The largest absolute Gasteiger partial charge is 0.481 e. The van der Waals surface area contributed by atoms with Gasteiger partial charge in [0.25, 0.3) is 5.91 Å². The highest BCUT2D eigenvalue weighted by Crippen LogP contribution is 2.18. The van der Waals surface area contributed by atoms with Crippen LogP contribution in [0, 0.1) is 24.2 Å². The zero-order valence-corrected chi connectivity index (χ0v) is 17.7. The van der Waals surface area contributed by atoms with Gasteiger partial charge in [-0.25, -0.2) is 0 Å². The summed E-state index contributed by atoms with van der Waals surface area (Å²) in [5, 5.41) is 22.1. The van der Waals surface area contributed by atoms with Crippen LogP contribution in [-0.4, -0.2) is 23.0 Å². The fourth-order valence-electron chi connectivity index (χ4n) is 3.47. The second-order valence-electron chi connectivity index (χ2n) is 7.60. The van der Waals surface area contributed by atoms with Crippen molar-refractivity contribution in [2.24, 2.45) is 5.92 Å². The van der Waals surface area contributed by atoms with E-state index < -0.39 is 17.9 Å². The number of benzene rings is 3. The van der Waals surface area contributed by atoms with Crippen molar-refractivity contribution in [3.63, 3.8) is 0 Å². The van der Waals surface area contributed by atoms with Gasteiger partial charge in [-0.3, -0.25) is 9.59 Å². The van der Waals surface area contributed by atoms with E-state index in [-0.39, 0.29) is 12.3 Å². The van der Waals surface area contributed by atoms with E-state index in [0.29, 0.717) is 11.1 Å². The second-order valence-corrected chi connectivity index (χ2v) is 7.60. The molecule has 0 unspecified atom stereocenters. The normalized spacial score (nSPS) is 12.6. The van der Waals surface area contributed by atoms with E-state index in [2.05, 4.69) is 11.4 Å². The van der Waals surface area contributed by atoms with Gasteiger partial charge in [-0.05, 0) is 48.7 Å². The number of rotatable bonds is 8. The third kappa shape index (κ3) is 6.16. The summed E-state index contributed by atoms with van der Waals surface area (Å²) in [6, 6.07) is 24.8. The van der Waals surface area contributed by atoms with Gasteiger partial charge in [-0.2, -0.15) is 5.26 Å². The Bertz CT molecular complexity index is 1160. The molecular formula is C27H24N2O3. The summed E-state index contributed by atoms with van der Waals surface area (Å²) >= 11 is 0. The van der Waals surface area contributed by atoms with Crippen molar-refractivity contribution < 1.29 is 14.7 Å². The predicted molar refractivity (Wildman–Crippen MR) is 124 cm³/mol. The standard InChI is InChI=1S/C27H24N2O3/c1-19-7-5-12-23(15-19)26(30)29-25(14-13-20-8-3-2-4-9-20)24(27(31)32)17-21-10-6-11-22(16-21)18-28/h2-16,24-25H,17H2,1H3,(H,29,30)(H,31,32)/b14-13+/t24-,25-/m1/s1. The summed E-state index contributed by atoms with van der Waals surface area (Å²) in [4.78, 5) is 25.2. The fraction of sp³-hybridized carbons (Fsp3) is 0.148. The first-order valence-corrected chi connectivity index (χ1v) is 10.3. The molecule has 0 aliphatic rings. The van der Waals surface area contributed by atoms with Crippen molar-refractivity contribution in [2.75, 3.05) is 0 Å². The average molecular weight is 425 g/mol. The summed E-state index contributed by atoms with van der Waals surface area (Å²) in [5.41, 5.74) is 3.50. The molecule has 2 atom stereocenters. The van der Waals surface area contributed by atoms with Gasteiger partial charge >= 0.3 is 5.97 Å². The molecule has 0 spiro atoms. The molecule has 3 rings (SSSR count). The molecule has 5 nitrogen and oxygen atoms in total. The quantitative estimate of drug-likeness (QED) is 0.552. The Morgan fingerprint density at radius 1 is 1.03 bits per heavy atom. The van der Waals surface area contributed by atoms with Gasteiger partial charge in [0, 0.05) is 5.56 Å². The van der Waals surface area contributed by atoms with E-state index in [9.17, 15) is 14.7 Å². The van der Waals surface area contributed by atoms with Crippen LogP contribution in [0.4, 0.5) is 0 Å². The lowest BCUT2D eigenvalue weighted by Gasteiger charge is -2.23. The summed E-state index contributed by atoms with van der Waals surface area (Å²) in [6.45, 7) is 1.89. The van der Waals surface area contributed by atoms with Crippen molar-refractivity contribution in [3.05, 3.63) is 113 Å². The molecule has 32 heavy (non-hydrogen) atoms. The van der Waals surface area contributed by atoms with Crippen LogP contribution in [0.2, 0.25) is 0 Å². The minimum absolute atomic E-state index is 0.169. The summed E-state index contributed by atoms with van der Waals surface area (Å²) in [5.74, 6) is -2.29. The molecule has 0 aliphatic heterocycles. The number of nitrogens with zero attached hydrogens (tertiary/aromatic N) is 1. The monoisotopic (exact) mass is 424 g/mol. The Morgan fingerprint density at radius 2 is 1.78 bits per heavy atom. The first-order chi connectivity index (χ1) is 15.5. The van der Waals surface area contributed by atoms with E-state index in [1.807, 2.05) is 49.4 Å². The number of amides is 1. The molecule has 3 aromatic carbocycles. The molecular weight excluding hydrogens is 400 g/mol. The van der Waals surface area contributed by atoms with Gasteiger partial charge < -0.3 is 10.4 Å². The maximum atomic E-state index is 12.9. The molecule has 0 aliphatic carbocycles. The number of carbonyl (C=O) groups is 2. The minimum atomic E-state index is -1.03. The van der Waals surface area contributed by atoms with Gasteiger partial charge in [0.1, 0.15) is 0 Å². The Hall–Kier alpha value is -4.17. The average Bonchev–Trinajstić information content (AvgIpc) is 2.81. The van der Waals surface area contributed by atoms with E-state index in [0.717, 1.165) is 16.7 Å². The molecule has 1 amide bonds. The first kappa shape index (κ1) is 22.5. The van der Waals surface area contributed by atoms with Crippen molar-refractivity contribution in [2.45, 2.75) is 19.4 Å². The van der Waals surface area contributed by atoms with Crippen molar-refractivity contribution in [1.82, 2.24) is 5.32 Å². The highest BCUT2D eigenvalue weighted by Gasteiger charge is 2.28. The summed E-state index contributed by atoms with van der Waals surface area (Å²) < 4.78 is 0. The number of hydrogen-bond acceptors (Lipinski definition) is 3. The van der Waals surface area contributed by atoms with Crippen LogP contribution in [0.25, 0.3) is 6.08 Å². The zero-order chi connectivity index (χ0) is 22.9. The Morgan fingerprint density at radius 3 is 2.47 bits per heavy atom. The maximum Gasteiger partial charge on any atom is 0.309 e. The fourth-order valence-corrected chi connectivity index (χ4v) is 3.47. The molecule has 0 saturated heterocycles. The molecule has 0 heterocycles. The molecule has 2 N–H and O–H groups in total. The Kier molecular flexibility index (Phi) is 7.55. The predicted octanol–water partition coefficient (Wildman–Crippen LogP) is 4.62. The van der Waals surface area contributed by atoms with E-state index in [4.69, 9.17) is 5.26 Å². The van der Waals surface area contributed by atoms with Crippen LogP contribution < -0.4 is 5.32 Å². The SMILES string of the molecule is Cc1cccc(C(=O)N[C@H](/C=C/c2ccccc2)[C@@H](Cc2cccc(C#N)c2)C(=O)O)c1. The molecule has 3 aromatic rings. The summed E-state index contributed by atoms with van der Waals surface area (Å²) in [7, 11) is 0. The number of hydrogen-bond donors (Lipinski definition) is 2. The van der Waals surface area contributed by atoms with Gasteiger partial charge in [-0.1, -0.05) is 72.3 Å². The number of nitrogens with one attached hydrogen (secondary N) is 1. The van der Waals surface area contributed by atoms with Crippen molar-refractivity contribution in [3.8, 4) is 6.07 Å². The minimum Gasteiger partial charge on any atom is -0.481 e.